The fourth-order valence-corrected chi connectivity index (χ4v) is 3.45. The smallest absolute Gasteiger partial charge is 0.247 e. The second kappa shape index (κ2) is 9.26. The zero-order chi connectivity index (χ0) is 21.7. The average Bonchev–Trinajstić information content (AvgIpc) is 3.28. The van der Waals surface area contributed by atoms with Gasteiger partial charge in [0.05, 0.1) is 20.4 Å². The number of carbonyl (C=O) groups excluding carboxylic acids is 1. The zero-order valence-electron chi connectivity index (χ0n) is 17.9. The summed E-state index contributed by atoms with van der Waals surface area (Å²) >= 11 is 1.69. The van der Waals surface area contributed by atoms with Gasteiger partial charge in [-0.2, -0.15) is 5.10 Å². The summed E-state index contributed by atoms with van der Waals surface area (Å²) in [4.78, 5) is 14.1. The number of carbonyl (C=O) groups is 1. The van der Waals surface area contributed by atoms with Crippen molar-refractivity contribution in [2.24, 2.45) is 0 Å². The Labute approximate surface area is 181 Å². The molecule has 1 heterocycles. The lowest BCUT2D eigenvalue weighted by atomic mass is 10.0. The van der Waals surface area contributed by atoms with E-state index < -0.39 is 5.54 Å². The summed E-state index contributed by atoms with van der Waals surface area (Å²) in [7, 11) is 3.21. The molecule has 0 unspecified atom stereocenters. The zero-order valence-corrected chi connectivity index (χ0v) is 18.7. The SMILES string of the molecule is COc1ccc(-c2cnn(C(C)(C)C(=O)NCc3ccc(SC)cc3)c2)cc1OC. The molecule has 1 amide bonds. The number of benzene rings is 2. The number of nitrogens with zero attached hydrogens (tertiary/aromatic N) is 2. The van der Waals surface area contributed by atoms with Gasteiger partial charge >= 0.3 is 0 Å². The number of hydrogen-bond donors (Lipinski definition) is 1. The normalized spacial score (nSPS) is 11.2. The third-order valence-corrected chi connectivity index (χ3v) is 5.78. The van der Waals surface area contributed by atoms with Crippen LogP contribution in [0.3, 0.4) is 0 Å². The largest absolute Gasteiger partial charge is 0.493 e. The summed E-state index contributed by atoms with van der Waals surface area (Å²) in [6, 6.07) is 13.9. The Hall–Kier alpha value is -2.93. The third kappa shape index (κ3) is 4.62. The fraction of sp³-hybridized carbons (Fsp3) is 0.304. The number of ether oxygens (including phenoxy) is 2. The highest BCUT2D eigenvalue weighted by Gasteiger charge is 2.30. The van der Waals surface area contributed by atoms with Crippen molar-refractivity contribution in [2.45, 2.75) is 30.8 Å². The molecular weight excluding hydrogens is 398 g/mol. The molecule has 1 aromatic heterocycles. The summed E-state index contributed by atoms with van der Waals surface area (Å²) in [5.41, 5.74) is 2.05. The van der Waals surface area contributed by atoms with Gasteiger partial charge in [0.1, 0.15) is 5.54 Å². The first kappa shape index (κ1) is 21.8. The Morgan fingerprint density at radius 1 is 1.07 bits per heavy atom. The van der Waals surface area contributed by atoms with Gasteiger partial charge in [-0.05, 0) is 55.5 Å². The maximum atomic E-state index is 12.9. The molecule has 0 saturated carbocycles. The maximum Gasteiger partial charge on any atom is 0.247 e. The Morgan fingerprint density at radius 2 is 1.77 bits per heavy atom. The van der Waals surface area contributed by atoms with Crippen LogP contribution in [0.1, 0.15) is 19.4 Å². The summed E-state index contributed by atoms with van der Waals surface area (Å²) in [6.45, 7) is 4.18. The molecule has 0 fully saturated rings. The first-order valence-electron chi connectivity index (χ1n) is 9.58. The number of nitrogens with one attached hydrogen (secondary N) is 1. The first-order valence-corrected chi connectivity index (χ1v) is 10.8. The van der Waals surface area contributed by atoms with Gasteiger partial charge in [0.25, 0.3) is 0 Å². The van der Waals surface area contributed by atoms with Gasteiger partial charge in [0.2, 0.25) is 5.91 Å². The van der Waals surface area contributed by atoms with E-state index in [4.69, 9.17) is 9.47 Å². The molecule has 6 nitrogen and oxygen atoms in total. The Bertz CT molecular complexity index is 1010. The van der Waals surface area contributed by atoms with Gasteiger partial charge in [0.15, 0.2) is 11.5 Å². The highest BCUT2D eigenvalue weighted by atomic mass is 32.2. The predicted octanol–water partition coefficient (Wildman–Crippen LogP) is 4.34. The van der Waals surface area contributed by atoms with Crippen molar-refractivity contribution in [3.8, 4) is 22.6 Å². The van der Waals surface area contributed by atoms with Crippen molar-refractivity contribution in [2.75, 3.05) is 20.5 Å². The van der Waals surface area contributed by atoms with Crippen LogP contribution in [-0.4, -0.2) is 36.2 Å². The molecule has 0 aliphatic heterocycles. The minimum absolute atomic E-state index is 0.0987. The molecule has 158 valence electrons. The van der Waals surface area contributed by atoms with Crippen molar-refractivity contribution in [3.63, 3.8) is 0 Å². The second-order valence-electron chi connectivity index (χ2n) is 7.33. The van der Waals surface area contributed by atoms with E-state index in [9.17, 15) is 4.79 Å². The van der Waals surface area contributed by atoms with Gasteiger partial charge in [-0.25, -0.2) is 0 Å². The van der Waals surface area contributed by atoms with Crippen LogP contribution in [-0.2, 0) is 16.9 Å². The van der Waals surface area contributed by atoms with E-state index in [1.54, 1.807) is 36.9 Å². The fourth-order valence-electron chi connectivity index (χ4n) is 3.04. The Morgan fingerprint density at radius 3 is 2.40 bits per heavy atom. The highest BCUT2D eigenvalue weighted by molar-refractivity contribution is 7.98. The number of hydrogen-bond acceptors (Lipinski definition) is 5. The number of thioether (sulfide) groups is 1. The minimum Gasteiger partial charge on any atom is -0.493 e. The van der Waals surface area contributed by atoms with Crippen LogP contribution in [0.4, 0.5) is 0 Å². The maximum absolute atomic E-state index is 12.9. The lowest BCUT2D eigenvalue weighted by Gasteiger charge is -2.24. The number of aromatic nitrogens is 2. The standard InChI is InChI=1S/C23H27N3O3S/c1-23(2,22(27)24-13-16-6-9-19(30-5)10-7-16)26-15-18(14-25-26)17-8-11-20(28-3)21(12-17)29-4/h6-12,14-15H,13H2,1-5H3,(H,24,27). The molecule has 0 radical (unpaired) electrons. The molecule has 30 heavy (non-hydrogen) atoms. The van der Waals surface area contributed by atoms with Crippen LogP contribution in [0.25, 0.3) is 11.1 Å². The molecule has 0 aliphatic carbocycles. The van der Waals surface area contributed by atoms with E-state index in [1.807, 2.05) is 56.6 Å². The summed E-state index contributed by atoms with van der Waals surface area (Å²) < 4.78 is 12.4. The topological polar surface area (TPSA) is 65.4 Å². The molecule has 7 heteroatoms. The first-order chi connectivity index (χ1) is 14.4. The Kier molecular flexibility index (Phi) is 6.72. The predicted molar refractivity (Wildman–Crippen MR) is 120 cm³/mol. The van der Waals surface area contributed by atoms with E-state index in [2.05, 4.69) is 22.5 Å². The van der Waals surface area contributed by atoms with Gasteiger partial charge in [-0.15, -0.1) is 11.8 Å². The monoisotopic (exact) mass is 425 g/mol. The summed E-state index contributed by atoms with van der Waals surface area (Å²) in [5, 5.41) is 7.46. The molecule has 0 spiro atoms. The van der Waals surface area contributed by atoms with Crippen molar-refractivity contribution < 1.29 is 14.3 Å². The van der Waals surface area contributed by atoms with Crippen molar-refractivity contribution >= 4 is 17.7 Å². The second-order valence-corrected chi connectivity index (χ2v) is 8.21. The summed E-state index contributed by atoms with van der Waals surface area (Å²) in [6.07, 6.45) is 5.66. The van der Waals surface area contributed by atoms with Gasteiger partial charge in [0, 0.05) is 23.2 Å². The minimum atomic E-state index is -0.839. The molecule has 2 aromatic carbocycles. The molecule has 3 rings (SSSR count). The van der Waals surface area contributed by atoms with Gasteiger partial charge in [-0.3, -0.25) is 9.48 Å². The van der Waals surface area contributed by atoms with E-state index in [0.717, 1.165) is 16.7 Å². The quantitative estimate of drug-likeness (QED) is 0.544. The van der Waals surface area contributed by atoms with E-state index in [-0.39, 0.29) is 5.91 Å². The van der Waals surface area contributed by atoms with E-state index >= 15 is 0 Å². The van der Waals surface area contributed by atoms with Crippen molar-refractivity contribution in [1.82, 2.24) is 15.1 Å². The molecule has 0 bridgehead atoms. The molecular formula is C23H27N3O3S. The van der Waals surface area contributed by atoms with Gasteiger partial charge < -0.3 is 14.8 Å². The molecule has 0 atom stereocenters. The highest BCUT2D eigenvalue weighted by Crippen LogP contribution is 2.32. The number of methoxy groups -OCH3 is 2. The van der Waals surface area contributed by atoms with Crippen LogP contribution in [0.15, 0.2) is 59.8 Å². The van der Waals surface area contributed by atoms with Crippen molar-refractivity contribution in [1.29, 1.82) is 0 Å². The summed E-state index contributed by atoms with van der Waals surface area (Å²) in [5.74, 6) is 1.21. The lowest BCUT2D eigenvalue weighted by molar-refractivity contribution is -0.129. The van der Waals surface area contributed by atoms with Crippen LogP contribution in [0.5, 0.6) is 11.5 Å². The number of amides is 1. The van der Waals surface area contributed by atoms with E-state index in [0.29, 0.717) is 18.0 Å². The molecule has 0 aliphatic rings. The van der Waals surface area contributed by atoms with Crippen LogP contribution >= 0.6 is 11.8 Å². The average molecular weight is 426 g/mol. The Balaban J connectivity index is 1.73. The third-order valence-electron chi connectivity index (χ3n) is 5.04. The van der Waals surface area contributed by atoms with Crippen molar-refractivity contribution in [3.05, 3.63) is 60.4 Å². The van der Waals surface area contributed by atoms with Gasteiger partial charge in [-0.1, -0.05) is 18.2 Å². The number of rotatable bonds is 8. The molecule has 3 aromatic rings. The lowest BCUT2D eigenvalue weighted by Crippen LogP contribution is -2.44. The molecule has 0 saturated heterocycles. The van der Waals surface area contributed by atoms with Crippen LogP contribution in [0.2, 0.25) is 0 Å². The molecule has 1 N–H and O–H groups in total. The van der Waals surface area contributed by atoms with Crippen LogP contribution < -0.4 is 14.8 Å². The van der Waals surface area contributed by atoms with E-state index in [1.165, 1.54) is 4.90 Å². The van der Waals surface area contributed by atoms with Crippen LogP contribution in [0, 0.1) is 0 Å².